The Kier molecular flexibility index (Phi) is 6.27. The van der Waals surface area contributed by atoms with Crippen LogP contribution in [-0.4, -0.2) is 61.2 Å². The van der Waals surface area contributed by atoms with Crippen molar-refractivity contribution < 1.29 is 13.2 Å². The van der Waals surface area contributed by atoms with Crippen LogP contribution in [0, 0.1) is 0 Å². The Morgan fingerprint density at radius 2 is 1.84 bits per heavy atom. The summed E-state index contributed by atoms with van der Waals surface area (Å²) in [6.07, 6.45) is 0. The molecule has 2 aromatic carbocycles. The molecule has 1 aromatic heterocycles. The molecule has 7 nitrogen and oxygen atoms in total. The van der Waals surface area contributed by atoms with E-state index in [0.29, 0.717) is 47.8 Å². The highest BCUT2D eigenvalue weighted by atomic mass is 35.5. The first-order valence-electron chi connectivity index (χ1n) is 9.90. The molecule has 164 valence electrons. The van der Waals surface area contributed by atoms with Crippen LogP contribution >= 0.6 is 23.2 Å². The summed E-state index contributed by atoms with van der Waals surface area (Å²) >= 11 is 12.4. The average Bonchev–Trinajstić information content (AvgIpc) is 3.10. The van der Waals surface area contributed by atoms with Gasteiger partial charge in [-0.3, -0.25) is 4.79 Å². The van der Waals surface area contributed by atoms with Crippen molar-refractivity contribution in [2.75, 3.05) is 38.0 Å². The van der Waals surface area contributed by atoms with Crippen molar-refractivity contribution in [2.45, 2.75) is 11.8 Å². The number of hydrogen-bond donors (Lipinski definition) is 2. The van der Waals surface area contributed by atoms with E-state index in [1.807, 2.05) is 0 Å². The van der Waals surface area contributed by atoms with Gasteiger partial charge in [0.05, 0.1) is 9.92 Å². The lowest BCUT2D eigenvalue weighted by Gasteiger charge is -2.33. The molecule has 0 aliphatic carbocycles. The van der Waals surface area contributed by atoms with Gasteiger partial charge in [0.15, 0.2) is 0 Å². The molecule has 0 radical (unpaired) electrons. The van der Waals surface area contributed by atoms with E-state index in [-0.39, 0.29) is 15.6 Å². The Morgan fingerprint density at radius 3 is 2.55 bits per heavy atom. The zero-order valence-corrected chi connectivity index (χ0v) is 19.2. The van der Waals surface area contributed by atoms with Gasteiger partial charge in [-0.15, -0.1) is 0 Å². The van der Waals surface area contributed by atoms with Crippen LogP contribution in [0.5, 0.6) is 0 Å². The van der Waals surface area contributed by atoms with Crippen molar-refractivity contribution in [3.8, 4) is 0 Å². The molecule has 0 spiro atoms. The van der Waals surface area contributed by atoms with Gasteiger partial charge in [0.25, 0.3) is 5.91 Å². The van der Waals surface area contributed by atoms with Crippen LogP contribution in [0.25, 0.3) is 10.9 Å². The summed E-state index contributed by atoms with van der Waals surface area (Å²) < 4.78 is 27.6. The van der Waals surface area contributed by atoms with Crippen molar-refractivity contribution >= 4 is 55.7 Å². The van der Waals surface area contributed by atoms with Crippen LogP contribution in [0.4, 0.5) is 5.69 Å². The van der Waals surface area contributed by atoms with Crippen LogP contribution in [0.3, 0.4) is 0 Å². The highest BCUT2D eigenvalue weighted by Gasteiger charge is 2.28. The Morgan fingerprint density at radius 1 is 1.10 bits per heavy atom. The SMILES string of the molecule is CCN1CCN(S(=O)(=O)c2cccc(NC(=O)c3[nH]c4ccc(Cl)cc4c3Cl)c2)CC1. The lowest BCUT2D eigenvalue weighted by molar-refractivity contribution is 0.102. The number of benzene rings is 2. The van der Waals surface area contributed by atoms with E-state index >= 15 is 0 Å². The topological polar surface area (TPSA) is 85.5 Å². The molecule has 1 saturated heterocycles. The van der Waals surface area contributed by atoms with Crippen LogP contribution in [0.15, 0.2) is 47.4 Å². The first kappa shape index (κ1) is 22.1. The molecule has 3 aromatic rings. The minimum atomic E-state index is -3.64. The number of aromatic nitrogens is 1. The average molecular weight is 481 g/mol. The van der Waals surface area contributed by atoms with Crippen LogP contribution in [0.1, 0.15) is 17.4 Å². The number of anilines is 1. The van der Waals surface area contributed by atoms with Gasteiger partial charge in [0.1, 0.15) is 5.69 Å². The number of rotatable bonds is 5. The summed E-state index contributed by atoms with van der Waals surface area (Å²) in [5.41, 5.74) is 1.23. The lowest BCUT2D eigenvalue weighted by Crippen LogP contribution is -2.48. The van der Waals surface area contributed by atoms with Gasteiger partial charge in [-0.05, 0) is 42.9 Å². The summed E-state index contributed by atoms with van der Waals surface area (Å²) in [4.78, 5) is 18.1. The Labute approximate surface area is 191 Å². The lowest BCUT2D eigenvalue weighted by atomic mass is 10.2. The van der Waals surface area contributed by atoms with Crippen molar-refractivity contribution in [1.29, 1.82) is 0 Å². The van der Waals surface area contributed by atoms with Crippen LogP contribution < -0.4 is 5.32 Å². The second-order valence-corrected chi connectivity index (χ2v) is 10.1. The Balaban J connectivity index is 1.55. The molecule has 0 unspecified atom stereocenters. The number of nitrogens with one attached hydrogen (secondary N) is 2. The maximum absolute atomic E-state index is 13.0. The first-order chi connectivity index (χ1) is 14.8. The summed E-state index contributed by atoms with van der Waals surface area (Å²) in [5, 5.41) is 4.14. The first-order valence-corrected chi connectivity index (χ1v) is 12.1. The maximum atomic E-state index is 13.0. The molecular weight excluding hydrogens is 459 g/mol. The fraction of sp³-hybridized carbons (Fsp3) is 0.286. The van der Waals surface area contributed by atoms with Crippen LogP contribution in [0.2, 0.25) is 10.0 Å². The van der Waals surface area contributed by atoms with E-state index in [0.717, 1.165) is 6.54 Å². The van der Waals surface area contributed by atoms with Gasteiger partial charge in [-0.25, -0.2) is 8.42 Å². The number of piperazine rings is 1. The fourth-order valence-corrected chi connectivity index (χ4v) is 5.58. The summed E-state index contributed by atoms with van der Waals surface area (Å²) in [6, 6.07) is 11.4. The number of amides is 1. The number of carbonyl (C=O) groups excluding carboxylic acids is 1. The predicted molar refractivity (Wildman–Crippen MR) is 124 cm³/mol. The number of nitrogens with zero attached hydrogens (tertiary/aromatic N) is 2. The normalized spacial score (nSPS) is 16.0. The minimum Gasteiger partial charge on any atom is -0.349 e. The highest BCUT2D eigenvalue weighted by molar-refractivity contribution is 7.89. The second kappa shape index (κ2) is 8.80. The molecular formula is C21H22Cl2N4O3S. The van der Waals surface area contributed by atoms with E-state index in [2.05, 4.69) is 22.1 Å². The zero-order chi connectivity index (χ0) is 22.2. The summed E-state index contributed by atoms with van der Waals surface area (Å²) in [6.45, 7) is 5.26. The number of fused-ring (bicyclic) bond motifs is 1. The van der Waals surface area contributed by atoms with Crippen molar-refractivity contribution in [3.63, 3.8) is 0 Å². The van der Waals surface area contributed by atoms with E-state index in [4.69, 9.17) is 23.2 Å². The number of sulfonamides is 1. The maximum Gasteiger partial charge on any atom is 0.273 e. The van der Waals surface area contributed by atoms with E-state index < -0.39 is 15.9 Å². The van der Waals surface area contributed by atoms with Gasteiger partial charge in [-0.2, -0.15) is 4.31 Å². The predicted octanol–water partition coefficient (Wildman–Crippen LogP) is 4.05. The molecule has 1 aliphatic rings. The number of halogens is 2. The Bertz CT molecular complexity index is 1230. The molecule has 0 bridgehead atoms. The zero-order valence-electron chi connectivity index (χ0n) is 16.9. The van der Waals surface area contributed by atoms with Gasteiger partial charge in [0, 0.05) is 47.8 Å². The minimum absolute atomic E-state index is 0.143. The number of likely N-dealkylation sites (N-methyl/N-ethyl adjacent to an activating group) is 1. The largest absolute Gasteiger partial charge is 0.349 e. The molecule has 4 rings (SSSR count). The number of H-pyrrole nitrogens is 1. The van der Waals surface area contributed by atoms with Crippen molar-refractivity contribution in [2.24, 2.45) is 0 Å². The van der Waals surface area contributed by atoms with E-state index in [9.17, 15) is 13.2 Å². The van der Waals surface area contributed by atoms with Gasteiger partial charge >= 0.3 is 0 Å². The highest BCUT2D eigenvalue weighted by Crippen LogP contribution is 2.30. The van der Waals surface area contributed by atoms with E-state index in [1.54, 1.807) is 30.3 Å². The molecule has 31 heavy (non-hydrogen) atoms. The van der Waals surface area contributed by atoms with Gasteiger partial charge < -0.3 is 15.2 Å². The van der Waals surface area contributed by atoms with Gasteiger partial charge in [-0.1, -0.05) is 36.2 Å². The standard InChI is InChI=1S/C21H22Cl2N4O3S/c1-2-26-8-10-27(11-9-26)31(29,30)16-5-3-4-15(13-16)24-21(28)20-19(23)17-12-14(22)6-7-18(17)25-20/h3-7,12-13,25H,2,8-11H2,1H3,(H,24,28). The third-order valence-electron chi connectivity index (χ3n) is 5.43. The van der Waals surface area contributed by atoms with Crippen LogP contribution in [-0.2, 0) is 10.0 Å². The molecule has 0 saturated carbocycles. The number of carbonyl (C=O) groups is 1. The Hall–Kier alpha value is -2.10. The summed E-state index contributed by atoms with van der Waals surface area (Å²) in [5.74, 6) is -0.469. The summed E-state index contributed by atoms with van der Waals surface area (Å²) in [7, 11) is -3.64. The van der Waals surface area contributed by atoms with Crippen molar-refractivity contribution in [1.82, 2.24) is 14.2 Å². The molecule has 10 heteroatoms. The third-order valence-corrected chi connectivity index (χ3v) is 7.95. The molecule has 2 N–H and O–H groups in total. The second-order valence-electron chi connectivity index (χ2n) is 7.32. The molecule has 1 fully saturated rings. The van der Waals surface area contributed by atoms with E-state index in [1.165, 1.54) is 16.4 Å². The molecule has 1 amide bonds. The molecule has 0 atom stereocenters. The van der Waals surface area contributed by atoms with Gasteiger partial charge in [0.2, 0.25) is 10.0 Å². The number of hydrogen-bond acceptors (Lipinski definition) is 4. The van der Waals surface area contributed by atoms with Crippen molar-refractivity contribution in [3.05, 3.63) is 58.2 Å². The quantitative estimate of drug-likeness (QED) is 0.576. The number of aromatic amines is 1. The smallest absolute Gasteiger partial charge is 0.273 e. The molecule has 1 aliphatic heterocycles. The molecule has 2 heterocycles. The fourth-order valence-electron chi connectivity index (χ4n) is 3.65. The third kappa shape index (κ3) is 4.44. The monoisotopic (exact) mass is 480 g/mol.